The van der Waals surface area contributed by atoms with Crippen molar-refractivity contribution in [3.63, 3.8) is 0 Å². The number of nitrogens with one attached hydrogen (secondary N) is 1. The van der Waals surface area contributed by atoms with Crippen molar-refractivity contribution < 1.29 is 14.7 Å². The first-order valence-electron chi connectivity index (χ1n) is 3.98. The lowest BCUT2D eigenvalue weighted by molar-refractivity contribution is -0.135. The van der Waals surface area contributed by atoms with Gasteiger partial charge in [-0.15, -0.1) is 23.2 Å². The summed E-state index contributed by atoms with van der Waals surface area (Å²) in [5.74, 6) is -0.510. The number of hydrogen-bond acceptors (Lipinski definition) is 2. The first kappa shape index (κ1) is 13.3. The lowest BCUT2D eigenvalue weighted by Gasteiger charge is -2.20. The molecule has 2 amide bonds. The number of carboxylic acid groups (broad SMARTS) is 1. The first-order chi connectivity index (χ1) is 6.61. The fraction of sp³-hybridized carbons (Fsp3) is 0.714. The Morgan fingerprint density at radius 2 is 1.71 bits per heavy atom. The second-order valence-electron chi connectivity index (χ2n) is 2.42. The molecule has 7 heteroatoms. The van der Waals surface area contributed by atoms with E-state index in [0.29, 0.717) is 13.1 Å². The van der Waals surface area contributed by atoms with Crippen molar-refractivity contribution in [2.24, 2.45) is 0 Å². The van der Waals surface area contributed by atoms with Gasteiger partial charge in [-0.2, -0.15) is 0 Å². The summed E-state index contributed by atoms with van der Waals surface area (Å²) in [6.45, 7) is 0.291. The Morgan fingerprint density at radius 3 is 2.07 bits per heavy atom. The third-order valence-corrected chi connectivity index (χ3v) is 1.72. The number of rotatable bonds is 6. The molecular weight excluding hydrogens is 231 g/mol. The zero-order valence-corrected chi connectivity index (χ0v) is 9.01. The lowest BCUT2D eigenvalue weighted by Crippen LogP contribution is -2.43. The van der Waals surface area contributed by atoms with Crippen molar-refractivity contribution in [2.75, 3.05) is 31.4 Å². The zero-order valence-electron chi connectivity index (χ0n) is 7.50. The Balaban J connectivity index is 3.94. The summed E-state index contributed by atoms with van der Waals surface area (Å²) in [4.78, 5) is 22.8. The van der Waals surface area contributed by atoms with Crippen LogP contribution in [0.25, 0.3) is 0 Å². The molecule has 0 aromatic rings. The number of nitrogens with zero attached hydrogens (tertiary/aromatic N) is 1. The summed E-state index contributed by atoms with van der Waals surface area (Å²) in [5.41, 5.74) is 0. The molecule has 0 unspecified atom stereocenters. The minimum absolute atomic E-state index is 0.289. The van der Waals surface area contributed by atoms with E-state index in [1.54, 1.807) is 0 Å². The highest BCUT2D eigenvalue weighted by Gasteiger charge is 2.12. The monoisotopic (exact) mass is 242 g/mol. The van der Waals surface area contributed by atoms with E-state index >= 15 is 0 Å². The predicted octanol–water partition coefficient (Wildman–Crippen LogP) is 0.560. The van der Waals surface area contributed by atoms with Gasteiger partial charge in [-0.05, 0) is 0 Å². The number of alkyl halides is 2. The second-order valence-corrected chi connectivity index (χ2v) is 3.17. The summed E-state index contributed by atoms with van der Waals surface area (Å²) < 4.78 is 0. The van der Waals surface area contributed by atoms with Crippen LogP contribution >= 0.6 is 23.2 Å². The molecule has 2 N–H and O–H groups in total. The minimum Gasteiger partial charge on any atom is -0.480 e. The van der Waals surface area contributed by atoms with E-state index < -0.39 is 18.5 Å². The Kier molecular flexibility index (Phi) is 7.32. The van der Waals surface area contributed by atoms with Crippen LogP contribution in [-0.4, -0.2) is 53.4 Å². The number of hydrogen-bond donors (Lipinski definition) is 2. The van der Waals surface area contributed by atoms with Gasteiger partial charge in [-0.1, -0.05) is 0 Å². The standard InChI is InChI=1S/C7H12Cl2N2O3/c8-1-3-11(4-2-9)7(14)10-5-6(12)13/h1-5H2,(H,10,14)(H,12,13). The van der Waals surface area contributed by atoms with Gasteiger partial charge < -0.3 is 15.3 Å². The summed E-state index contributed by atoms with van der Waals surface area (Å²) >= 11 is 10.9. The number of halogens is 2. The zero-order chi connectivity index (χ0) is 11.0. The predicted molar refractivity (Wildman–Crippen MR) is 54.0 cm³/mol. The molecule has 0 saturated carbocycles. The second kappa shape index (κ2) is 7.70. The lowest BCUT2D eigenvalue weighted by atomic mass is 10.5. The summed E-state index contributed by atoms with van der Waals surface area (Å²) in [6.07, 6.45) is 0. The van der Waals surface area contributed by atoms with Crippen LogP contribution < -0.4 is 5.32 Å². The third kappa shape index (κ3) is 5.88. The number of amides is 2. The van der Waals surface area contributed by atoms with Crippen molar-refractivity contribution in [1.82, 2.24) is 10.2 Å². The van der Waals surface area contributed by atoms with Gasteiger partial charge >= 0.3 is 12.0 Å². The highest BCUT2D eigenvalue weighted by Crippen LogP contribution is 1.92. The average Bonchev–Trinajstić information content (AvgIpc) is 2.14. The molecule has 0 aromatic heterocycles. The van der Waals surface area contributed by atoms with Gasteiger partial charge in [0.05, 0.1) is 0 Å². The van der Waals surface area contributed by atoms with Gasteiger partial charge in [0, 0.05) is 24.8 Å². The van der Waals surface area contributed by atoms with Crippen LogP contribution in [-0.2, 0) is 4.79 Å². The van der Waals surface area contributed by atoms with E-state index in [0.717, 1.165) is 0 Å². The molecule has 0 aromatic carbocycles. The Bertz CT molecular complexity index is 195. The van der Waals surface area contributed by atoms with Gasteiger partial charge in [0.25, 0.3) is 0 Å². The molecule has 0 atom stereocenters. The Morgan fingerprint density at radius 1 is 1.21 bits per heavy atom. The van der Waals surface area contributed by atoms with E-state index in [1.165, 1.54) is 4.90 Å². The summed E-state index contributed by atoms with van der Waals surface area (Å²) in [7, 11) is 0. The molecule has 0 radical (unpaired) electrons. The maximum Gasteiger partial charge on any atom is 0.323 e. The summed E-state index contributed by atoms with van der Waals surface area (Å²) in [5, 5.41) is 10.5. The minimum atomic E-state index is -1.09. The highest BCUT2D eigenvalue weighted by atomic mass is 35.5. The molecule has 0 heterocycles. The van der Waals surface area contributed by atoms with Crippen molar-refractivity contribution in [3.05, 3.63) is 0 Å². The number of aliphatic carboxylic acids is 1. The first-order valence-corrected chi connectivity index (χ1v) is 5.05. The van der Waals surface area contributed by atoms with Crippen LogP contribution in [0.1, 0.15) is 0 Å². The van der Waals surface area contributed by atoms with Gasteiger partial charge in [-0.25, -0.2) is 4.79 Å². The van der Waals surface area contributed by atoms with E-state index in [-0.39, 0.29) is 11.8 Å². The van der Waals surface area contributed by atoms with Gasteiger partial charge in [0.2, 0.25) is 0 Å². The Hall–Kier alpha value is -0.680. The van der Waals surface area contributed by atoms with Crippen molar-refractivity contribution in [3.8, 4) is 0 Å². The molecule has 0 fully saturated rings. The van der Waals surface area contributed by atoms with E-state index in [2.05, 4.69) is 5.32 Å². The maximum atomic E-state index is 11.3. The number of carboxylic acids is 1. The molecule has 0 aliphatic carbocycles. The fourth-order valence-electron chi connectivity index (χ4n) is 0.782. The fourth-order valence-corrected chi connectivity index (χ4v) is 1.19. The molecule has 82 valence electrons. The molecule has 14 heavy (non-hydrogen) atoms. The molecule has 0 spiro atoms. The van der Waals surface area contributed by atoms with Crippen LogP contribution in [0.4, 0.5) is 4.79 Å². The van der Waals surface area contributed by atoms with E-state index in [1.807, 2.05) is 0 Å². The SMILES string of the molecule is O=C(O)CNC(=O)N(CCCl)CCCl. The molecule has 0 aliphatic rings. The van der Waals surface area contributed by atoms with Gasteiger partial charge in [0.1, 0.15) is 6.54 Å². The van der Waals surface area contributed by atoms with Crippen molar-refractivity contribution >= 4 is 35.2 Å². The normalized spacial score (nSPS) is 9.57. The largest absolute Gasteiger partial charge is 0.480 e. The average molecular weight is 243 g/mol. The highest BCUT2D eigenvalue weighted by molar-refractivity contribution is 6.18. The van der Waals surface area contributed by atoms with Crippen molar-refractivity contribution in [2.45, 2.75) is 0 Å². The molecule has 5 nitrogen and oxygen atoms in total. The van der Waals surface area contributed by atoms with Gasteiger partial charge in [0.15, 0.2) is 0 Å². The van der Waals surface area contributed by atoms with Crippen LogP contribution in [0, 0.1) is 0 Å². The van der Waals surface area contributed by atoms with Crippen LogP contribution in [0.2, 0.25) is 0 Å². The Labute approximate surface area is 92.0 Å². The quantitative estimate of drug-likeness (QED) is 0.669. The van der Waals surface area contributed by atoms with E-state index in [9.17, 15) is 9.59 Å². The topological polar surface area (TPSA) is 69.6 Å². The molecule has 0 bridgehead atoms. The van der Waals surface area contributed by atoms with E-state index in [4.69, 9.17) is 28.3 Å². The van der Waals surface area contributed by atoms with Crippen LogP contribution in [0.3, 0.4) is 0 Å². The smallest absolute Gasteiger partial charge is 0.323 e. The third-order valence-electron chi connectivity index (χ3n) is 1.39. The van der Waals surface area contributed by atoms with Gasteiger partial charge in [-0.3, -0.25) is 4.79 Å². The molecule has 0 rings (SSSR count). The maximum absolute atomic E-state index is 11.3. The van der Waals surface area contributed by atoms with Crippen molar-refractivity contribution in [1.29, 1.82) is 0 Å². The summed E-state index contributed by atoms with van der Waals surface area (Å²) in [6, 6.07) is -0.464. The van der Waals surface area contributed by atoms with Crippen LogP contribution in [0.15, 0.2) is 0 Å². The van der Waals surface area contributed by atoms with Crippen LogP contribution in [0.5, 0.6) is 0 Å². The number of carbonyl (C=O) groups excluding carboxylic acids is 1. The molecule has 0 saturated heterocycles. The molecule has 0 aliphatic heterocycles. The molecular formula is C7H12Cl2N2O3. The number of urea groups is 1. The number of carbonyl (C=O) groups is 2.